The van der Waals surface area contributed by atoms with Crippen LogP contribution in [0.1, 0.15) is 32.6 Å². The van der Waals surface area contributed by atoms with Crippen LogP contribution in [0, 0.1) is 5.41 Å². The summed E-state index contributed by atoms with van der Waals surface area (Å²) in [6, 6.07) is 16.0. The number of benzene rings is 2. The number of ether oxygens (including phenoxy) is 1. The third kappa shape index (κ3) is 5.33. The zero-order valence-corrected chi connectivity index (χ0v) is 22.6. The Balaban J connectivity index is 1.39. The quantitative estimate of drug-likeness (QED) is 0.417. The van der Waals surface area contributed by atoms with Crippen LogP contribution < -0.4 is 19.5 Å². The van der Waals surface area contributed by atoms with Gasteiger partial charge in [-0.25, -0.2) is 8.42 Å². The van der Waals surface area contributed by atoms with Gasteiger partial charge < -0.3 is 9.64 Å². The summed E-state index contributed by atoms with van der Waals surface area (Å²) in [5, 5.41) is 4.41. The first-order valence-corrected chi connectivity index (χ1v) is 14.3. The first-order valence-electron chi connectivity index (χ1n) is 12.5. The maximum atomic E-state index is 13.6. The SMILES string of the molecule is CN(c1ccccc1)S(=O)(=O)C1CCN(c2cnn(-c3cccc(Cl)c3)c(=O)c2OCC2(C)CC2)CC1. The van der Waals surface area contributed by atoms with Gasteiger partial charge in [0.15, 0.2) is 0 Å². The second kappa shape index (κ2) is 10.0. The van der Waals surface area contributed by atoms with E-state index in [9.17, 15) is 13.2 Å². The lowest BCUT2D eigenvalue weighted by atomic mass is 10.1. The average molecular weight is 543 g/mol. The van der Waals surface area contributed by atoms with E-state index >= 15 is 0 Å². The molecule has 2 aliphatic rings. The van der Waals surface area contributed by atoms with E-state index in [2.05, 4.69) is 12.0 Å². The smallest absolute Gasteiger partial charge is 0.316 e. The normalized spacial score (nSPS) is 17.4. The zero-order valence-electron chi connectivity index (χ0n) is 21.0. The molecule has 0 unspecified atom stereocenters. The summed E-state index contributed by atoms with van der Waals surface area (Å²) in [5.41, 5.74) is 1.52. The van der Waals surface area contributed by atoms with Crippen molar-refractivity contribution in [1.82, 2.24) is 9.78 Å². The number of rotatable bonds is 8. The average Bonchev–Trinajstić information content (AvgIpc) is 3.65. The molecule has 1 aromatic heterocycles. The lowest BCUT2D eigenvalue weighted by Gasteiger charge is -2.35. The molecule has 1 aliphatic carbocycles. The highest BCUT2D eigenvalue weighted by atomic mass is 35.5. The Morgan fingerprint density at radius 3 is 2.46 bits per heavy atom. The molecule has 1 saturated carbocycles. The number of hydrogen-bond acceptors (Lipinski definition) is 6. The molecule has 3 aromatic rings. The summed E-state index contributed by atoms with van der Waals surface area (Å²) < 4.78 is 35.4. The van der Waals surface area contributed by atoms with Crippen LogP contribution in [-0.2, 0) is 10.0 Å². The van der Waals surface area contributed by atoms with Gasteiger partial charge in [0.25, 0.3) is 0 Å². The van der Waals surface area contributed by atoms with Crippen molar-refractivity contribution in [2.75, 3.05) is 35.9 Å². The van der Waals surface area contributed by atoms with Gasteiger partial charge in [-0.15, -0.1) is 0 Å². The van der Waals surface area contributed by atoms with Crippen molar-refractivity contribution < 1.29 is 13.2 Å². The Labute approximate surface area is 222 Å². The molecule has 0 radical (unpaired) electrons. The van der Waals surface area contributed by atoms with Crippen LogP contribution in [-0.4, -0.2) is 50.2 Å². The molecular weight excluding hydrogens is 512 g/mol. The lowest BCUT2D eigenvalue weighted by Crippen LogP contribution is -2.45. The summed E-state index contributed by atoms with van der Waals surface area (Å²) in [4.78, 5) is 15.6. The van der Waals surface area contributed by atoms with Gasteiger partial charge in [0.2, 0.25) is 15.8 Å². The summed E-state index contributed by atoms with van der Waals surface area (Å²) in [5.74, 6) is 0.241. The predicted molar refractivity (Wildman–Crippen MR) is 147 cm³/mol. The van der Waals surface area contributed by atoms with Gasteiger partial charge >= 0.3 is 5.56 Å². The molecule has 0 amide bonds. The molecule has 196 valence electrons. The Bertz CT molecular complexity index is 1430. The predicted octanol–water partition coefficient (Wildman–Crippen LogP) is 4.50. The number of nitrogens with zero attached hydrogens (tertiary/aromatic N) is 4. The number of para-hydroxylation sites is 1. The van der Waals surface area contributed by atoms with Crippen LogP contribution in [0.25, 0.3) is 5.69 Å². The van der Waals surface area contributed by atoms with Gasteiger partial charge in [-0.05, 0) is 56.0 Å². The Kier molecular flexibility index (Phi) is 6.93. The molecule has 37 heavy (non-hydrogen) atoms. The summed E-state index contributed by atoms with van der Waals surface area (Å²) in [6.07, 6.45) is 4.64. The van der Waals surface area contributed by atoms with Gasteiger partial charge in [-0.3, -0.25) is 9.10 Å². The van der Waals surface area contributed by atoms with Gasteiger partial charge in [0.1, 0.15) is 5.69 Å². The van der Waals surface area contributed by atoms with E-state index < -0.39 is 15.3 Å². The van der Waals surface area contributed by atoms with E-state index in [-0.39, 0.29) is 16.7 Å². The summed E-state index contributed by atoms with van der Waals surface area (Å²) >= 11 is 6.15. The monoisotopic (exact) mass is 542 g/mol. The number of anilines is 2. The zero-order chi connectivity index (χ0) is 26.2. The summed E-state index contributed by atoms with van der Waals surface area (Å²) in [6.45, 7) is 3.54. The molecule has 2 fully saturated rings. The highest BCUT2D eigenvalue weighted by Gasteiger charge is 2.39. The maximum Gasteiger partial charge on any atom is 0.316 e. The summed E-state index contributed by atoms with van der Waals surface area (Å²) in [7, 11) is -1.93. The molecule has 2 aromatic carbocycles. The van der Waals surface area contributed by atoms with Crippen molar-refractivity contribution in [2.45, 2.75) is 37.9 Å². The lowest BCUT2D eigenvalue weighted by molar-refractivity contribution is 0.243. The molecule has 10 heteroatoms. The van der Waals surface area contributed by atoms with E-state index in [1.54, 1.807) is 49.6 Å². The molecule has 0 bridgehead atoms. The number of aromatic nitrogens is 2. The molecule has 2 heterocycles. The fraction of sp³-hybridized carbons (Fsp3) is 0.407. The van der Waals surface area contributed by atoms with Gasteiger partial charge in [-0.1, -0.05) is 42.8 Å². The van der Waals surface area contributed by atoms with Crippen LogP contribution in [0.2, 0.25) is 5.02 Å². The number of piperidine rings is 1. The standard InChI is InChI=1S/C27H31ClN4O4S/c1-27(13-14-27)19-36-25-24(18-29-32(26(25)33)22-10-6-7-20(28)17-22)31-15-11-23(12-16-31)37(34,35)30(2)21-8-4-3-5-9-21/h3-10,17-18,23H,11-16,19H2,1-2H3. The molecule has 0 spiro atoms. The van der Waals surface area contributed by atoms with Crippen molar-refractivity contribution in [2.24, 2.45) is 5.41 Å². The van der Waals surface area contributed by atoms with E-state index in [1.807, 2.05) is 23.1 Å². The van der Waals surface area contributed by atoms with Crippen molar-refractivity contribution >= 4 is 33.0 Å². The van der Waals surface area contributed by atoms with Crippen LogP contribution in [0.15, 0.2) is 65.6 Å². The molecule has 0 N–H and O–H groups in total. The molecule has 1 saturated heterocycles. The van der Waals surface area contributed by atoms with Crippen LogP contribution in [0.5, 0.6) is 5.75 Å². The van der Waals surface area contributed by atoms with Crippen LogP contribution in [0.3, 0.4) is 0 Å². The Hall–Kier alpha value is -3.04. The van der Waals surface area contributed by atoms with Crippen molar-refractivity contribution in [3.63, 3.8) is 0 Å². The highest BCUT2D eigenvalue weighted by Crippen LogP contribution is 2.45. The van der Waals surface area contributed by atoms with Crippen molar-refractivity contribution in [3.8, 4) is 11.4 Å². The third-order valence-corrected chi connectivity index (χ3v) is 9.86. The maximum absolute atomic E-state index is 13.6. The fourth-order valence-corrected chi connectivity index (χ4v) is 6.44. The van der Waals surface area contributed by atoms with Crippen LogP contribution in [0.4, 0.5) is 11.4 Å². The van der Waals surface area contributed by atoms with Gasteiger partial charge in [-0.2, -0.15) is 9.78 Å². The molecule has 8 nitrogen and oxygen atoms in total. The van der Waals surface area contributed by atoms with Crippen molar-refractivity contribution in [1.29, 1.82) is 0 Å². The topological polar surface area (TPSA) is 84.7 Å². The fourth-order valence-electron chi connectivity index (χ4n) is 4.59. The number of sulfonamides is 1. The second-order valence-electron chi connectivity index (χ2n) is 10.2. The first kappa shape index (κ1) is 25.6. The molecule has 0 atom stereocenters. The largest absolute Gasteiger partial charge is 0.486 e. The van der Waals surface area contributed by atoms with E-state index in [4.69, 9.17) is 16.3 Å². The number of halogens is 1. The van der Waals surface area contributed by atoms with Gasteiger partial charge in [0, 0.05) is 30.6 Å². The minimum Gasteiger partial charge on any atom is -0.486 e. The van der Waals surface area contributed by atoms with E-state index in [1.165, 1.54) is 8.99 Å². The van der Waals surface area contributed by atoms with Gasteiger partial charge in [0.05, 0.1) is 29.4 Å². The highest BCUT2D eigenvalue weighted by molar-refractivity contribution is 7.93. The number of hydrogen-bond donors (Lipinski definition) is 0. The van der Waals surface area contributed by atoms with Crippen molar-refractivity contribution in [3.05, 3.63) is 76.2 Å². The Morgan fingerprint density at radius 2 is 1.81 bits per heavy atom. The Morgan fingerprint density at radius 1 is 1.11 bits per heavy atom. The molecule has 1 aliphatic heterocycles. The molecular formula is C27H31ClN4O4S. The molecule has 5 rings (SSSR count). The van der Waals surface area contributed by atoms with Crippen LogP contribution >= 0.6 is 11.6 Å². The second-order valence-corrected chi connectivity index (χ2v) is 12.9. The third-order valence-electron chi connectivity index (χ3n) is 7.34. The van der Waals surface area contributed by atoms with E-state index in [0.717, 1.165) is 12.8 Å². The first-order chi connectivity index (χ1) is 17.7. The minimum atomic E-state index is -3.53. The minimum absolute atomic E-state index is 0.0803. The van der Waals surface area contributed by atoms with E-state index in [0.29, 0.717) is 54.6 Å².